The Kier molecular flexibility index (Phi) is 16.0. The monoisotopic (exact) mass is 832 g/mol. The van der Waals surface area contributed by atoms with E-state index in [9.17, 15) is 31.4 Å². The summed E-state index contributed by atoms with van der Waals surface area (Å²) in [5.74, 6) is 0.332. The van der Waals surface area contributed by atoms with E-state index in [1.165, 1.54) is 46.9 Å². The number of aryl methyl sites for hydroxylation is 2. The second kappa shape index (κ2) is 20.9. The number of ether oxygens (including phenoxy) is 2. The van der Waals surface area contributed by atoms with Crippen molar-refractivity contribution in [1.29, 1.82) is 0 Å². The van der Waals surface area contributed by atoms with Gasteiger partial charge in [-0.3, -0.25) is 0 Å². The molecule has 0 aliphatic rings. The molecule has 6 aromatic rings. The molecule has 0 spiro atoms. The van der Waals surface area contributed by atoms with Crippen molar-refractivity contribution in [3.8, 4) is 21.1 Å². The zero-order chi connectivity index (χ0) is 40.0. The molecule has 2 aromatic heterocycles. The number of aromatic nitrogens is 2. The lowest BCUT2D eigenvalue weighted by molar-refractivity contribution is -0.138. The van der Waals surface area contributed by atoms with E-state index in [0.717, 1.165) is 69.4 Å². The van der Waals surface area contributed by atoms with Gasteiger partial charge in [0, 0.05) is 29.2 Å². The van der Waals surface area contributed by atoms with Crippen molar-refractivity contribution in [3.05, 3.63) is 153 Å². The van der Waals surface area contributed by atoms with Gasteiger partial charge in [0.1, 0.15) is 10.0 Å². The van der Waals surface area contributed by atoms with Crippen molar-refractivity contribution in [2.75, 3.05) is 13.2 Å². The summed E-state index contributed by atoms with van der Waals surface area (Å²) in [5, 5.41) is 10.9. The Morgan fingerprint density at radius 1 is 0.554 bits per heavy atom. The molecule has 5 nitrogen and oxygen atoms in total. The summed E-state index contributed by atoms with van der Waals surface area (Å²) in [5.41, 5.74) is 3.81. The maximum Gasteiger partial charge on any atom is 0.416 e. The molecule has 1 N–H and O–H groups in total. The average molecular weight is 833 g/mol. The van der Waals surface area contributed by atoms with Crippen LogP contribution in [0.2, 0.25) is 0 Å². The molecule has 14 heteroatoms. The summed E-state index contributed by atoms with van der Waals surface area (Å²) < 4.78 is 87.6. The van der Waals surface area contributed by atoms with E-state index in [1.54, 1.807) is 0 Å². The molecule has 296 valence electrons. The van der Waals surface area contributed by atoms with Gasteiger partial charge in [-0.15, -0.1) is 34.3 Å². The van der Waals surface area contributed by atoms with Gasteiger partial charge in [-0.25, -0.2) is 9.97 Å². The molecular formula is C42H39ClF6N2O3S2. The minimum atomic E-state index is -4.36. The molecule has 6 rings (SSSR count). The highest BCUT2D eigenvalue weighted by Gasteiger charge is 2.31. The minimum Gasteiger partial charge on any atom is -0.391 e. The second-order valence-electron chi connectivity index (χ2n) is 12.5. The lowest BCUT2D eigenvalue weighted by Gasteiger charge is -2.06. The zero-order valence-corrected chi connectivity index (χ0v) is 32.5. The van der Waals surface area contributed by atoms with Crippen LogP contribution in [0.1, 0.15) is 56.2 Å². The van der Waals surface area contributed by atoms with E-state index in [2.05, 4.69) is 9.97 Å². The van der Waals surface area contributed by atoms with Crippen molar-refractivity contribution in [2.24, 2.45) is 0 Å². The summed E-state index contributed by atoms with van der Waals surface area (Å²) in [4.78, 5) is 10.8. The first-order chi connectivity index (χ1) is 26.9. The number of aliphatic hydroxyl groups is 1. The van der Waals surface area contributed by atoms with Gasteiger partial charge in [-0.2, -0.15) is 26.3 Å². The zero-order valence-electron chi connectivity index (χ0n) is 30.1. The standard InChI is InChI=1S/C21H19ClF3NOS.C21H20F3NO2S/c22-13-19-18(7-4-12-27-14-15-5-2-1-3-6-15)26-20(28-19)16-8-10-17(11-9-16)21(23,24)25;22-21(23,24)17-10-8-16(9-11-17)20-25-18(19(13-26)28-20)7-4-12-27-14-15-5-2-1-3-6-15/h1-3,5-6,8-11H,4,7,12-14H2;1-3,5-6,8-11,26H,4,7,12-14H2. The predicted octanol–water partition coefficient (Wildman–Crippen LogP) is 12.2. The lowest BCUT2D eigenvalue weighted by Crippen LogP contribution is -2.03. The quantitative estimate of drug-likeness (QED) is 0.0598. The molecule has 0 atom stereocenters. The third-order valence-corrected chi connectivity index (χ3v) is 11.1. The molecular weight excluding hydrogens is 794 g/mol. The number of nitrogens with zero attached hydrogens (tertiary/aromatic N) is 2. The fraction of sp³-hybridized carbons (Fsp3) is 0.286. The van der Waals surface area contributed by atoms with Gasteiger partial charge in [-0.05, 0) is 61.1 Å². The number of aliphatic hydroxyl groups excluding tert-OH is 1. The maximum absolute atomic E-state index is 12.7. The van der Waals surface area contributed by atoms with Gasteiger partial charge in [0.05, 0.1) is 53.1 Å². The number of benzene rings is 4. The SMILES string of the molecule is FC(F)(F)c1ccc(-c2nc(CCCOCc3ccccc3)c(CCl)s2)cc1.OCc1sc(-c2ccc(C(F)(F)F)cc2)nc1CCCOCc1ccccc1. The van der Waals surface area contributed by atoms with Gasteiger partial charge in [0.2, 0.25) is 0 Å². The van der Waals surface area contributed by atoms with Crippen molar-refractivity contribution < 1.29 is 40.9 Å². The molecule has 0 bridgehead atoms. The Hall–Kier alpha value is -4.11. The summed E-state index contributed by atoms with van der Waals surface area (Å²) >= 11 is 8.75. The van der Waals surface area contributed by atoms with Gasteiger partial charge < -0.3 is 14.6 Å². The van der Waals surface area contributed by atoms with Crippen molar-refractivity contribution in [2.45, 2.75) is 63.7 Å². The highest BCUT2D eigenvalue weighted by atomic mass is 35.5. The average Bonchev–Trinajstić information content (AvgIpc) is 3.82. The second-order valence-corrected chi connectivity index (χ2v) is 14.9. The predicted molar refractivity (Wildman–Crippen MR) is 209 cm³/mol. The Balaban J connectivity index is 0.000000214. The molecule has 56 heavy (non-hydrogen) atoms. The maximum atomic E-state index is 12.7. The first-order valence-corrected chi connectivity index (χ1v) is 19.8. The Morgan fingerprint density at radius 3 is 1.32 bits per heavy atom. The van der Waals surface area contributed by atoms with Crippen molar-refractivity contribution >= 4 is 34.3 Å². The number of halogens is 7. The van der Waals surface area contributed by atoms with E-state index in [-0.39, 0.29) is 6.61 Å². The molecule has 0 aliphatic carbocycles. The van der Waals surface area contributed by atoms with E-state index < -0.39 is 23.5 Å². The fourth-order valence-corrected chi connectivity index (χ4v) is 7.70. The lowest BCUT2D eigenvalue weighted by atomic mass is 10.1. The molecule has 4 aromatic carbocycles. The number of alkyl halides is 7. The Labute approximate surface area is 334 Å². The molecule has 0 amide bonds. The summed E-state index contributed by atoms with van der Waals surface area (Å²) in [6.07, 6.45) is -5.80. The summed E-state index contributed by atoms with van der Waals surface area (Å²) in [6, 6.07) is 29.8. The fourth-order valence-electron chi connectivity index (χ4n) is 5.45. The largest absolute Gasteiger partial charge is 0.416 e. The van der Waals surface area contributed by atoms with Crippen LogP contribution in [-0.4, -0.2) is 28.3 Å². The number of rotatable bonds is 16. The van der Waals surface area contributed by atoms with Crippen LogP contribution in [0, 0.1) is 0 Å². The summed E-state index contributed by atoms with van der Waals surface area (Å²) in [6.45, 7) is 2.13. The van der Waals surface area contributed by atoms with Crippen LogP contribution in [0.4, 0.5) is 26.3 Å². The number of hydrogen-bond acceptors (Lipinski definition) is 7. The van der Waals surface area contributed by atoms with Crippen molar-refractivity contribution in [3.63, 3.8) is 0 Å². The van der Waals surface area contributed by atoms with Gasteiger partial charge in [0.15, 0.2) is 0 Å². The first kappa shape index (κ1) is 43.0. The number of hydrogen-bond donors (Lipinski definition) is 1. The third kappa shape index (κ3) is 13.0. The molecule has 0 saturated carbocycles. The van der Waals surface area contributed by atoms with Gasteiger partial charge in [0.25, 0.3) is 0 Å². The van der Waals surface area contributed by atoms with E-state index in [0.29, 0.717) is 66.3 Å². The molecule has 0 radical (unpaired) electrons. The van der Waals surface area contributed by atoms with Crippen LogP contribution < -0.4 is 0 Å². The normalized spacial score (nSPS) is 11.7. The Bertz CT molecular complexity index is 1910. The highest BCUT2D eigenvalue weighted by molar-refractivity contribution is 7.15. The topological polar surface area (TPSA) is 64.5 Å². The van der Waals surface area contributed by atoms with Crippen LogP contribution in [0.25, 0.3) is 21.1 Å². The molecule has 0 aliphatic heterocycles. The van der Waals surface area contributed by atoms with Gasteiger partial charge in [-0.1, -0.05) is 84.9 Å². The van der Waals surface area contributed by atoms with Crippen molar-refractivity contribution in [1.82, 2.24) is 9.97 Å². The van der Waals surface area contributed by atoms with Gasteiger partial charge >= 0.3 is 12.4 Å². The molecule has 0 saturated heterocycles. The van der Waals surface area contributed by atoms with Crippen LogP contribution in [-0.2, 0) is 60.4 Å². The first-order valence-electron chi connectivity index (χ1n) is 17.7. The van der Waals surface area contributed by atoms with Crippen LogP contribution in [0.5, 0.6) is 0 Å². The molecule has 0 unspecified atom stereocenters. The molecule has 0 fully saturated rings. The number of thiazole rings is 2. The highest BCUT2D eigenvalue weighted by Crippen LogP contribution is 2.35. The van der Waals surface area contributed by atoms with Crippen LogP contribution in [0.15, 0.2) is 109 Å². The third-order valence-electron chi connectivity index (χ3n) is 8.37. The smallest absolute Gasteiger partial charge is 0.391 e. The van der Waals surface area contributed by atoms with E-state index in [1.807, 2.05) is 60.7 Å². The Morgan fingerprint density at radius 2 is 0.946 bits per heavy atom. The minimum absolute atomic E-state index is 0.140. The van der Waals surface area contributed by atoms with Crippen LogP contribution in [0.3, 0.4) is 0 Å². The molecule has 2 heterocycles. The van der Waals surface area contributed by atoms with E-state index in [4.69, 9.17) is 21.1 Å². The van der Waals surface area contributed by atoms with E-state index >= 15 is 0 Å². The van der Waals surface area contributed by atoms with Crippen LogP contribution >= 0.6 is 34.3 Å². The summed E-state index contributed by atoms with van der Waals surface area (Å²) in [7, 11) is 0.